The molecule has 0 atom stereocenters. The van der Waals surface area contributed by atoms with Crippen LogP contribution in [0.3, 0.4) is 0 Å². The van der Waals surface area contributed by atoms with Crippen molar-refractivity contribution in [2.24, 2.45) is 0 Å². The van der Waals surface area contributed by atoms with Gasteiger partial charge in [0.25, 0.3) is 5.91 Å². The molecule has 0 aliphatic heterocycles. The van der Waals surface area contributed by atoms with Crippen LogP contribution in [0.5, 0.6) is 0 Å². The van der Waals surface area contributed by atoms with Gasteiger partial charge in [-0.25, -0.2) is 0 Å². The van der Waals surface area contributed by atoms with Gasteiger partial charge in [-0.1, -0.05) is 78.9 Å². The van der Waals surface area contributed by atoms with Gasteiger partial charge in [0.05, 0.1) is 5.92 Å². The molecule has 0 aliphatic carbocycles. The summed E-state index contributed by atoms with van der Waals surface area (Å²) < 4.78 is 0. The normalized spacial score (nSPS) is 10.4. The molecule has 2 N–H and O–H groups in total. The molecule has 0 spiro atoms. The first-order valence-electron chi connectivity index (χ1n) is 8.42. The molecule has 0 radical (unpaired) electrons. The SMILES string of the molecule is Cc1ccccc1C(=O)NNC(=O)C(c1ccccc1)c1ccccc1. The summed E-state index contributed by atoms with van der Waals surface area (Å²) in [5, 5.41) is 0. The molecule has 26 heavy (non-hydrogen) atoms. The van der Waals surface area contributed by atoms with Crippen molar-refractivity contribution in [2.75, 3.05) is 0 Å². The molecule has 0 fully saturated rings. The van der Waals surface area contributed by atoms with E-state index in [0.29, 0.717) is 5.56 Å². The Morgan fingerprint density at radius 3 is 1.73 bits per heavy atom. The van der Waals surface area contributed by atoms with Gasteiger partial charge in [0, 0.05) is 5.56 Å². The fraction of sp³-hybridized carbons (Fsp3) is 0.0909. The summed E-state index contributed by atoms with van der Waals surface area (Å²) >= 11 is 0. The van der Waals surface area contributed by atoms with Crippen LogP contribution in [-0.2, 0) is 4.79 Å². The number of nitrogens with one attached hydrogen (secondary N) is 2. The lowest BCUT2D eigenvalue weighted by Gasteiger charge is -2.18. The van der Waals surface area contributed by atoms with Crippen molar-refractivity contribution in [3.8, 4) is 0 Å². The summed E-state index contributed by atoms with van der Waals surface area (Å²) in [5.74, 6) is -1.13. The highest BCUT2D eigenvalue weighted by molar-refractivity contribution is 5.97. The molecule has 130 valence electrons. The van der Waals surface area contributed by atoms with Crippen LogP contribution in [0.25, 0.3) is 0 Å². The largest absolute Gasteiger partial charge is 0.272 e. The summed E-state index contributed by atoms with van der Waals surface area (Å²) in [7, 11) is 0. The van der Waals surface area contributed by atoms with Crippen LogP contribution < -0.4 is 10.9 Å². The first-order chi connectivity index (χ1) is 12.7. The van der Waals surface area contributed by atoms with Crippen molar-refractivity contribution in [3.63, 3.8) is 0 Å². The highest BCUT2D eigenvalue weighted by Crippen LogP contribution is 2.24. The van der Waals surface area contributed by atoms with Crippen molar-refractivity contribution in [1.82, 2.24) is 10.9 Å². The maximum atomic E-state index is 12.8. The third-order valence-corrected chi connectivity index (χ3v) is 4.22. The number of carbonyl (C=O) groups excluding carboxylic acids is 2. The minimum Gasteiger partial charge on any atom is -0.272 e. The van der Waals surface area contributed by atoms with E-state index in [4.69, 9.17) is 0 Å². The van der Waals surface area contributed by atoms with Gasteiger partial charge in [0.1, 0.15) is 0 Å². The van der Waals surface area contributed by atoms with Crippen LogP contribution in [0, 0.1) is 6.92 Å². The summed E-state index contributed by atoms with van der Waals surface area (Å²) in [6, 6.07) is 26.2. The Kier molecular flexibility index (Phi) is 5.44. The van der Waals surface area contributed by atoms with Gasteiger partial charge in [0.15, 0.2) is 0 Å². The Balaban J connectivity index is 1.78. The van der Waals surface area contributed by atoms with E-state index in [9.17, 15) is 9.59 Å². The third kappa shape index (κ3) is 3.98. The smallest absolute Gasteiger partial charge is 0.269 e. The molecule has 0 bridgehead atoms. The van der Waals surface area contributed by atoms with Crippen molar-refractivity contribution in [1.29, 1.82) is 0 Å². The molecule has 0 saturated carbocycles. The number of aryl methyl sites for hydroxylation is 1. The topological polar surface area (TPSA) is 58.2 Å². The lowest BCUT2D eigenvalue weighted by Crippen LogP contribution is -2.44. The second kappa shape index (κ2) is 8.12. The first kappa shape index (κ1) is 17.4. The van der Waals surface area contributed by atoms with Crippen LogP contribution in [0.2, 0.25) is 0 Å². The Labute approximate surface area is 152 Å². The van der Waals surface area contributed by atoms with E-state index in [-0.39, 0.29) is 11.8 Å². The molecule has 3 aromatic carbocycles. The van der Waals surface area contributed by atoms with E-state index >= 15 is 0 Å². The maximum Gasteiger partial charge on any atom is 0.269 e. The van der Waals surface area contributed by atoms with Crippen LogP contribution in [-0.4, -0.2) is 11.8 Å². The number of rotatable bonds is 4. The highest BCUT2D eigenvalue weighted by Gasteiger charge is 2.23. The number of hydrogen-bond donors (Lipinski definition) is 2. The molecule has 3 aromatic rings. The van der Waals surface area contributed by atoms with E-state index in [0.717, 1.165) is 16.7 Å². The summed E-state index contributed by atoms with van der Waals surface area (Å²) in [6.07, 6.45) is 0. The average Bonchev–Trinajstić information content (AvgIpc) is 2.68. The van der Waals surface area contributed by atoms with Gasteiger partial charge in [0.2, 0.25) is 5.91 Å². The van der Waals surface area contributed by atoms with Gasteiger partial charge in [-0.05, 0) is 29.7 Å². The Morgan fingerprint density at radius 2 is 1.19 bits per heavy atom. The number of benzene rings is 3. The average molecular weight is 344 g/mol. The van der Waals surface area contributed by atoms with Gasteiger partial charge < -0.3 is 0 Å². The second-order valence-electron chi connectivity index (χ2n) is 6.01. The van der Waals surface area contributed by atoms with Gasteiger partial charge in [-0.3, -0.25) is 20.4 Å². The number of amides is 2. The number of hydrazine groups is 1. The van der Waals surface area contributed by atoms with Crippen molar-refractivity contribution >= 4 is 11.8 Å². The molecule has 4 nitrogen and oxygen atoms in total. The third-order valence-electron chi connectivity index (χ3n) is 4.22. The molecule has 3 rings (SSSR count). The predicted octanol–water partition coefficient (Wildman–Crippen LogP) is 3.59. The van der Waals surface area contributed by atoms with E-state index in [1.807, 2.05) is 79.7 Å². The van der Waals surface area contributed by atoms with E-state index in [1.54, 1.807) is 12.1 Å². The lowest BCUT2D eigenvalue weighted by atomic mass is 9.91. The summed E-state index contributed by atoms with van der Waals surface area (Å²) in [4.78, 5) is 25.2. The van der Waals surface area contributed by atoms with Crippen LogP contribution in [0.15, 0.2) is 84.9 Å². The number of hydrogen-bond acceptors (Lipinski definition) is 2. The zero-order valence-corrected chi connectivity index (χ0v) is 14.5. The molecule has 2 amide bonds. The minimum absolute atomic E-state index is 0.288. The van der Waals surface area contributed by atoms with Gasteiger partial charge in [-0.2, -0.15) is 0 Å². The van der Waals surface area contributed by atoms with E-state index in [1.165, 1.54) is 0 Å². The monoisotopic (exact) mass is 344 g/mol. The first-order valence-corrected chi connectivity index (χ1v) is 8.42. The molecule has 0 aromatic heterocycles. The fourth-order valence-corrected chi connectivity index (χ4v) is 2.87. The second-order valence-corrected chi connectivity index (χ2v) is 6.01. The Morgan fingerprint density at radius 1 is 0.692 bits per heavy atom. The minimum atomic E-state index is -0.505. The van der Waals surface area contributed by atoms with Crippen molar-refractivity contribution in [2.45, 2.75) is 12.8 Å². The standard InChI is InChI=1S/C22H20N2O2/c1-16-10-8-9-15-19(16)21(25)23-24-22(26)20(17-11-4-2-5-12-17)18-13-6-3-7-14-18/h2-15,20H,1H3,(H,23,25)(H,24,26). The molecule has 0 aliphatic rings. The molecule has 4 heteroatoms. The molecular formula is C22H20N2O2. The van der Waals surface area contributed by atoms with E-state index in [2.05, 4.69) is 10.9 Å². The molecule has 0 saturated heterocycles. The summed E-state index contributed by atoms with van der Waals surface area (Å²) in [5.41, 5.74) is 8.19. The van der Waals surface area contributed by atoms with Crippen molar-refractivity contribution < 1.29 is 9.59 Å². The van der Waals surface area contributed by atoms with E-state index < -0.39 is 5.92 Å². The van der Waals surface area contributed by atoms with Crippen LogP contribution >= 0.6 is 0 Å². The zero-order valence-electron chi connectivity index (χ0n) is 14.5. The van der Waals surface area contributed by atoms with Crippen LogP contribution in [0.1, 0.15) is 33.0 Å². The quantitative estimate of drug-likeness (QED) is 0.711. The fourth-order valence-electron chi connectivity index (χ4n) is 2.87. The predicted molar refractivity (Wildman–Crippen MR) is 102 cm³/mol. The lowest BCUT2D eigenvalue weighted by molar-refractivity contribution is -0.122. The zero-order chi connectivity index (χ0) is 18.4. The molecule has 0 unspecified atom stereocenters. The number of carbonyl (C=O) groups is 2. The molecule has 0 heterocycles. The van der Waals surface area contributed by atoms with Gasteiger partial charge >= 0.3 is 0 Å². The van der Waals surface area contributed by atoms with Crippen molar-refractivity contribution in [3.05, 3.63) is 107 Å². The van der Waals surface area contributed by atoms with Crippen LogP contribution in [0.4, 0.5) is 0 Å². The molecular weight excluding hydrogens is 324 g/mol. The highest BCUT2D eigenvalue weighted by atomic mass is 16.2. The Bertz CT molecular complexity index is 853. The maximum absolute atomic E-state index is 12.8. The summed E-state index contributed by atoms with van der Waals surface area (Å²) in [6.45, 7) is 1.85. The Hall–Kier alpha value is -3.40. The van der Waals surface area contributed by atoms with Gasteiger partial charge in [-0.15, -0.1) is 0 Å².